The fraction of sp³-hybridized carbons (Fsp3) is 0.364. The zero-order chi connectivity index (χ0) is 10.5. The van der Waals surface area contributed by atoms with Crippen LogP contribution in [0.3, 0.4) is 0 Å². The maximum atomic E-state index is 11.8. The van der Waals surface area contributed by atoms with Crippen molar-refractivity contribution in [1.82, 2.24) is 0 Å². The molecule has 0 bridgehead atoms. The van der Waals surface area contributed by atoms with Gasteiger partial charge in [-0.3, -0.25) is 4.79 Å². The summed E-state index contributed by atoms with van der Waals surface area (Å²) in [5.41, 5.74) is 1.58. The molecule has 3 nitrogen and oxygen atoms in total. The van der Waals surface area contributed by atoms with E-state index in [4.69, 9.17) is 9.47 Å². The van der Waals surface area contributed by atoms with Crippen LogP contribution in [-0.4, -0.2) is 19.0 Å². The highest BCUT2D eigenvalue weighted by atomic mass is 79.9. The third-order valence-corrected chi connectivity index (χ3v) is 3.33. The number of hydrogen-bond acceptors (Lipinski definition) is 3. The SMILES string of the molecule is O=C1CC2(OCCO2)c2cc(Br)ccc21. The topological polar surface area (TPSA) is 35.5 Å². The molecule has 1 saturated heterocycles. The average Bonchev–Trinajstić information content (AvgIpc) is 2.76. The molecule has 0 amide bonds. The Morgan fingerprint density at radius 2 is 2.00 bits per heavy atom. The molecule has 1 heterocycles. The molecule has 1 aromatic rings. The maximum absolute atomic E-state index is 11.8. The predicted molar refractivity (Wildman–Crippen MR) is 56.7 cm³/mol. The van der Waals surface area contributed by atoms with E-state index in [1.807, 2.05) is 18.2 Å². The van der Waals surface area contributed by atoms with Gasteiger partial charge < -0.3 is 9.47 Å². The van der Waals surface area contributed by atoms with Crippen LogP contribution in [0.4, 0.5) is 0 Å². The Bertz CT molecular complexity index is 435. The van der Waals surface area contributed by atoms with Gasteiger partial charge in [-0.15, -0.1) is 0 Å². The van der Waals surface area contributed by atoms with Crippen LogP contribution in [0.5, 0.6) is 0 Å². The van der Waals surface area contributed by atoms with Crippen LogP contribution in [0.15, 0.2) is 22.7 Å². The molecule has 78 valence electrons. The minimum absolute atomic E-state index is 0.0967. The summed E-state index contributed by atoms with van der Waals surface area (Å²) in [7, 11) is 0. The standard InChI is InChI=1S/C11H9BrO3/c12-7-1-2-8-9(5-7)11(6-10(8)13)14-3-4-15-11/h1-2,5H,3-4,6H2. The Kier molecular flexibility index (Phi) is 1.99. The molecule has 3 rings (SSSR count). The summed E-state index contributed by atoms with van der Waals surface area (Å²) in [5, 5.41) is 0. The van der Waals surface area contributed by atoms with Gasteiger partial charge in [0.25, 0.3) is 0 Å². The molecule has 0 N–H and O–H groups in total. The highest BCUT2D eigenvalue weighted by molar-refractivity contribution is 9.10. The van der Waals surface area contributed by atoms with Crippen molar-refractivity contribution in [2.24, 2.45) is 0 Å². The summed E-state index contributed by atoms with van der Waals surface area (Å²) < 4.78 is 12.1. The van der Waals surface area contributed by atoms with E-state index in [1.165, 1.54) is 0 Å². The fourth-order valence-corrected chi connectivity index (χ4v) is 2.55. The molecule has 1 aliphatic heterocycles. The molecular weight excluding hydrogens is 260 g/mol. The smallest absolute Gasteiger partial charge is 0.203 e. The van der Waals surface area contributed by atoms with Crippen LogP contribution in [0.2, 0.25) is 0 Å². The van der Waals surface area contributed by atoms with Crippen LogP contribution in [0.25, 0.3) is 0 Å². The van der Waals surface area contributed by atoms with E-state index in [2.05, 4.69) is 15.9 Å². The molecule has 0 atom stereocenters. The van der Waals surface area contributed by atoms with Crippen LogP contribution in [-0.2, 0) is 15.3 Å². The molecule has 1 aromatic carbocycles. The van der Waals surface area contributed by atoms with E-state index >= 15 is 0 Å². The first-order valence-corrected chi connectivity index (χ1v) is 5.62. The third kappa shape index (κ3) is 1.29. The van der Waals surface area contributed by atoms with Crippen molar-refractivity contribution in [1.29, 1.82) is 0 Å². The van der Waals surface area contributed by atoms with Crippen molar-refractivity contribution in [3.05, 3.63) is 33.8 Å². The van der Waals surface area contributed by atoms with Crippen LogP contribution >= 0.6 is 15.9 Å². The molecular formula is C11H9BrO3. The number of hydrogen-bond donors (Lipinski definition) is 0. The van der Waals surface area contributed by atoms with Crippen LogP contribution < -0.4 is 0 Å². The lowest BCUT2D eigenvalue weighted by Crippen LogP contribution is -2.24. The number of benzene rings is 1. The highest BCUT2D eigenvalue weighted by Gasteiger charge is 2.48. The van der Waals surface area contributed by atoms with Crippen LogP contribution in [0, 0.1) is 0 Å². The Morgan fingerprint density at radius 1 is 1.27 bits per heavy atom. The molecule has 0 saturated carbocycles. The minimum Gasteiger partial charge on any atom is -0.343 e. The van der Waals surface area contributed by atoms with Crippen LogP contribution in [0.1, 0.15) is 22.3 Å². The molecule has 1 fully saturated rings. The van der Waals surface area contributed by atoms with Gasteiger partial charge in [-0.1, -0.05) is 15.9 Å². The largest absolute Gasteiger partial charge is 0.343 e. The number of Topliss-reactive ketones (excluding diaryl/α,β-unsaturated/α-hetero) is 1. The molecule has 0 aromatic heterocycles. The lowest BCUT2D eigenvalue weighted by Gasteiger charge is -2.21. The second kappa shape index (κ2) is 3.14. The molecule has 0 unspecified atom stereocenters. The second-order valence-corrected chi connectivity index (χ2v) is 4.66. The zero-order valence-electron chi connectivity index (χ0n) is 7.96. The molecule has 1 spiro atoms. The maximum Gasteiger partial charge on any atom is 0.203 e. The number of carbonyl (C=O) groups excluding carboxylic acids is 1. The van der Waals surface area contributed by atoms with Crippen molar-refractivity contribution in [3.8, 4) is 0 Å². The molecule has 4 heteroatoms. The first-order valence-electron chi connectivity index (χ1n) is 4.82. The lowest BCUT2D eigenvalue weighted by molar-refractivity contribution is -0.157. The van der Waals surface area contributed by atoms with Crippen molar-refractivity contribution in [3.63, 3.8) is 0 Å². The number of halogens is 1. The minimum atomic E-state index is -0.795. The lowest BCUT2D eigenvalue weighted by atomic mass is 10.1. The number of fused-ring (bicyclic) bond motifs is 2. The summed E-state index contributed by atoms with van der Waals surface area (Å²) >= 11 is 3.39. The monoisotopic (exact) mass is 268 g/mol. The highest BCUT2D eigenvalue weighted by Crippen LogP contribution is 2.44. The first-order chi connectivity index (χ1) is 7.21. The number of ether oxygens (including phenoxy) is 2. The Hall–Kier alpha value is -0.710. The Labute approximate surface area is 95.5 Å². The van der Waals surface area contributed by atoms with Gasteiger partial charge in [-0.2, -0.15) is 0 Å². The van der Waals surface area contributed by atoms with E-state index in [9.17, 15) is 4.79 Å². The van der Waals surface area contributed by atoms with E-state index in [0.29, 0.717) is 19.6 Å². The van der Waals surface area contributed by atoms with Gasteiger partial charge >= 0.3 is 0 Å². The van der Waals surface area contributed by atoms with E-state index in [0.717, 1.165) is 15.6 Å². The number of ketones is 1. The van der Waals surface area contributed by atoms with Crippen molar-refractivity contribution in [2.45, 2.75) is 12.2 Å². The van der Waals surface area contributed by atoms with Crippen molar-refractivity contribution >= 4 is 21.7 Å². The van der Waals surface area contributed by atoms with E-state index in [1.54, 1.807) is 0 Å². The van der Waals surface area contributed by atoms with Gasteiger partial charge in [-0.25, -0.2) is 0 Å². The number of rotatable bonds is 0. The predicted octanol–water partition coefficient (Wildman–Crippen LogP) is 2.24. The average molecular weight is 269 g/mol. The summed E-state index contributed by atoms with van der Waals surface area (Å²) in [6, 6.07) is 5.60. The van der Waals surface area contributed by atoms with Gasteiger partial charge in [0.2, 0.25) is 5.79 Å². The van der Waals surface area contributed by atoms with Gasteiger partial charge in [-0.05, 0) is 18.2 Å². The van der Waals surface area contributed by atoms with E-state index < -0.39 is 5.79 Å². The number of carbonyl (C=O) groups is 1. The second-order valence-electron chi connectivity index (χ2n) is 3.74. The van der Waals surface area contributed by atoms with Gasteiger partial charge in [0.15, 0.2) is 5.78 Å². The molecule has 15 heavy (non-hydrogen) atoms. The molecule has 2 aliphatic rings. The third-order valence-electron chi connectivity index (χ3n) is 2.84. The quantitative estimate of drug-likeness (QED) is 0.724. The summed E-state index contributed by atoms with van der Waals surface area (Å²) in [6.07, 6.45) is 0.304. The summed E-state index contributed by atoms with van der Waals surface area (Å²) in [5.74, 6) is -0.699. The zero-order valence-corrected chi connectivity index (χ0v) is 9.54. The summed E-state index contributed by atoms with van der Waals surface area (Å²) in [6.45, 7) is 1.11. The van der Waals surface area contributed by atoms with Gasteiger partial charge in [0.05, 0.1) is 19.6 Å². The normalized spacial score (nSPS) is 22.3. The Balaban J connectivity index is 2.19. The van der Waals surface area contributed by atoms with Crippen molar-refractivity contribution < 1.29 is 14.3 Å². The molecule has 0 radical (unpaired) electrons. The Morgan fingerprint density at radius 3 is 2.73 bits per heavy atom. The van der Waals surface area contributed by atoms with Gasteiger partial charge in [0.1, 0.15) is 0 Å². The van der Waals surface area contributed by atoms with Crippen molar-refractivity contribution in [2.75, 3.05) is 13.2 Å². The molecule has 1 aliphatic carbocycles. The first kappa shape index (κ1) is 9.51. The van der Waals surface area contributed by atoms with Gasteiger partial charge in [0, 0.05) is 15.6 Å². The summed E-state index contributed by atoms with van der Waals surface area (Å²) in [4.78, 5) is 11.8. The fourth-order valence-electron chi connectivity index (χ4n) is 2.19. The van der Waals surface area contributed by atoms with E-state index in [-0.39, 0.29) is 5.78 Å².